The molecule has 0 saturated carbocycles. The molecule has 0 bridgehead atoms. The van der Waals surface area contributed by atoms with Crippen molar-refractivity contribution in [3.8, 4) is 0 Å². The molecule has 1 aromatic carbocycles. The van der Waals surface area contributed by atoms with Crippen LogP contribution in [0.3, 0.4) is 0 Å². The maximum Gasteiger partial charge on any atom is 0.123 e. The molecule has 1 unspecified atom stereocenters. The first-order chi connectivity index (χ1) is 19.8. The van der Waals surface area contributed by atoms with Gasteiger partial charge in [-0.3, -0.25) is 4.90 Å². The number of rotatable bonds is 17. The van der Waals surface area contributed by atoms with Crippen LogP contribution >= 0.6 is 0 Å². The van der Waals surface area contributed by atoms with Gasteiger partial charge in [-0.1, -0.05) is 111 Å². The maximum atomic E-state index is 13.1. The van der Waals surface area contributed by atoms with Crippen LogP contribution in [0.1, 0.15) is 120 Å². The Morgan fingerprint density at radius 1 is 0.927 bits per heavy atom. The largest absolute Gasteiger partial charge is 0.323 e. The van der Waals surface area contributed by atoms with Gasteiger partial charge < -0.3 is 10.6 Å². The van der Waals surface area contributed by atoms with Crippen LogP contribution < -0.4 is 10.6 Å². The first-order valence-electron chi connectivity index (χ1n) is 16.6. The van der Waals surface area contributed by atoms with Crippen LogP contribution in [0.25, 0.3) is 0 Å². The van der Waals surface area contributed by atoms with Crippen LogP contribution in [0.4, 0.5) is 4.39 Å². The molecule has 1 rings (SSSR count). The highest BCUT2D eigenvalue weighted by atomic mass is 19.1. The molecular weight excluding hydrogens is 505 g/mol. The van der Waals surface area contributed by atoms with E-state index in [1.54, 1.807) is 12.1 Å². The number of hydrogen-bond donors (Lipinski definition) is 2. The van der Waals surface area contributed by atoms with E-state index in [1.807, 2.05) is 67.8 Å². The van der Waals surface area contributed by atoms with Crippen molar-refractivity contribution < 1.29 is 4.39 Å². The molecule has 0 heterocycles. The fourth-order valence-electron chi connectivity index (χ4n) is 3.84. The van der Waals surface area contributed by atoms with Crippen molar-refractivity contribution in [2.45, 2.75) is 121 Å². The lowest BCUT2D eigenvalue weighted by Gasteiger charge is -2.20. The maximum absolute atomic E-state index is 13.1. The van der Waals surface area contributed by atoms with Crippen molar-refractivity contribution in [3.05, 3.63) is 71.1 Å². The Balaban J connectivity index is -0.000000682. The topological polar surface area (TPSA) is 27.3 Å². The standard InChI is InChI=1S/C29H47FN2.C2H7N.3C2H6/c1-7-28(26(6)14-12-25(5)20-21-31-8-2)17-13-24(4)11-10-22-32(9-3)23-27-15-18-29(30)19-16-27;1-3-2;3*1-2/h13,15-19,25,31H,6-12,14,20-23H2,1-5H3;3H,1-2H3;3*1-2H3/b24-13+,28-17+;;;;. The van der Waals surface area contributed by atoms with E-state index < -0.39 is 0 Å². The third-order valence-electron chi connectivity index (χ3n) is 6.22. The van der Waals surface area contributed by atoms with Crippen LogP contribution in [0.15, 0.2) is 59.7 Å². The highest BCUT2D eigenvalue weighted by molar-refractivity contribution is 5.32. The Hall–Kier alpha value is -1.75. The molecule has 0 fully saturated rings. The summed E-state index contributed by atoms with van der Waals surface area (Å²) in [6.45, 7) is 32.6. The quantitative estimate of drug-likeness (QED) is 0.142. The lowest BCUT2D eigenvalue weighted by Crippen LogP contribution is -2.24. The van der Waals surface area contributed by atoms with Gasteiger partial charge in [0.05, 0.1) is 0 Å². The van der Waals surface area contributed by atoms with Crippen molar-refractivity contribution in [1.82, 2.24) is 15.5 Å². The summed E-state index contributed by atoms with van der Waals surface area (Å²) in [5.74, 6) is 0.566. The van der Waals surface area contributed by atoms with Crippen molar-refractivity contribution in [1.29, 1.82) is 0 Å². The van der Waals surface area contributed by atoms with E-state index >= 15 is 0 Å². The number of nitrogens with one attached hydrogen (secondary N) is 2. The van der Waals surface area contributed by atoms with Crippen LogP contribution in [-0.2, 0) is 6.54 Å². The Labute approximate surface area is 258 Å². The molecule has 0 spiro atoms. The molecule has 0 aliphatic heterocycles. The summed E-state index contributed by atoms with van der Waals surface area (Å²) >= 11 is 0. The third-order valence-corrected chi connectivity index (χ3v) is 6.22. The number of benzene rings is 1. The van der Waals surface area contributed by atoms with E-state index in [0.29, 0.717) is 0 Å². The number of nitrogens with zero attached hydrogens (tertiary/aromatic N) is 1. The normalized spacial score (nSPS) is 11.5. The number of hydrogen-bond acceptors (Lipinski definition) is 3. The van der Waals surface area contributed by atoms with Gasteiger partial charge in [0.1, 0.15) is 5.82 Å². The molecule has 0 aromatic heterocycles. The van der Waals surface area contributed by atoms with Gasteiger partial charge in [-0.15, -0.1) is 0 Å². The second kappa shape index (κ2) is 36.3. The predicted octanol–water partition coefficient (Wildman–Crippen LogP) is 10.6. The van der Waals surface area contributed by atoms with E-state index in [2.05, 4.69) is 68.9 Å². The monoisotopic (exact) mass is 578 g/mol. The van der Waals surface area contributed by atoms with Crippen LogP contribution in [-0.4, -0.2) is 45.2 Å². The van der Waals surface area contributed by atoms with Crippen LogP contribution in [0, 0.1) is 11.7 Å². The lowest BCUT2D eigenvalue weighted by atomic mass is 9.94. The second-order valence-corrected chi connectivity index (χ2v) is 9.55. The van der Waals surface area contributed by atoms with E-state index in [9.17, 15) is 4.39 Å². The lowest BCUT2D eigenvalue weighted by molar-refractivity contribution is 0.276. The zero-order chi connectivity index (χ0) is 32.5. The van der Waals surface area contributed by atoms with Gasteiger partial charge in [0.25, 0.3) is 0 Å². The molecule has 242 valence electrons. The van der Waals surface area contributed by atoms with Gasteiger partial charge in [-0.2, -0.15) is 0 Å². The second-order valence-electron chi connectivity index (χ2n) is 9.55. The molecule has 0 aliphatic rings. The molecule has 0 radical (unpaired) electrons. The molecular formula is C37H72FN3. The molecule has 1 aromatic rings. The van der Waals surface area contributed by atoms with Gasteiger partial charge in [-0.25, -0.2) is 4.39 Å². The Bertz CT molecular complexity index is 722. The van der Waals surface area contributed by atoms with Crippen LogP contribution in [0.2, 0.25) is 0 Å². The van der Waals surface area contributed by atoms with Crippen molar-refractivity contribution in [3.63, 3.8) is 0 Å². The SMILES string of the molecule is C=C(CCC(C)CCNCC)/C(=C/C=C(\C)CCCN(CC)Cc1ccc(F)cc1)CC.CC.CC.CC.CNC. The van der Waals surface area contributed by atoms with E-state index in [0.717, 1.165) is 64.3 Å². The molecule has 4 heteroatoms. The highest BCUT2D eigenvalue weighted by Gasteiger charge is 2.07. The van der Waals surface area contributed by atoms with Gasteiger partial charge in [0.2, 0.25) is 0 Å². The van der Waals surface area contributed by atoms with E-state index in [1.165, 1.54) is 35.1 Å². The van der Waals surface area contributed by atoms with E-state index in [4.69, 9.17) is 0 Å². The summed E-state index contributed by atoms with van der Waals surface area (Å²) in [6, 6.07) is 6.86. The van der Waals surface area contributed by atoms with Crippen LogP contribution in [0.5, 0.6) is 0 Å². The van der Waals surface area contributed by atoms with Crippen molar-refractivity contribution >= 4 is 0 Å². The van der Waals surface area contributed by atoms with E-state index in [-0.39, 0.29) is 5.82 Å². The Morgan fingerprint density at radius 2 is 1.49 bits per heavy atom. The summed E-state index contributed by atoms with van der Waals surface area (Å²) in [7, 11) is 3.75. The summed E-state index contributed by atoms with van der Waals surface area (Å²) in [5.41, 5.74) is 5.27. The minimum atomic E-state index is -0.168. The first-order valence-corrected chi connectivity index (χ1v) is 16.6. The zero-order valence-electron chi connectivity index (χ0n) is 29.9. The van der Waals surface area contributed by atoms with Gasteiger partial charge in [0, 0.05) is 6.54 Å². The Kier molecular flexibility index (Phi) is 40.9. The molecule has 0 amide bonds. The smallest absolute Gasteiger partial charge is 0.123 e. The Morgan fingerprint density at radius 3 is 1.98 bits per heavy atom. The third kappa shape index (κ3) is 29.5. The summed E-state index contributed by atoms with van der Waals surface area (Å²) < 4.78 is 13.1. The number of halogens is 1. The molecule has 0 aliphatic carbocycles. The molecule has 41 heavy (non-hydrogen) atoms. The zero-order valence-corrected chi connectivity index (χ0v) is 29.9. The predicted molar refractivity (Wildman–Crippen MR) is 188 cm³/mol. The minimum Gasteiger partial charge on any atom is -0.323 e. The van der Waals surface area contributed by atoms with Crippen molar-refractivity contribution in [2.75, 3.05) is 40.3 Å². The summed E-state index contributed by atoms with van der Waals surface area (Å²) in [5, 5.41) is 6.17. The molecule has 2 N–H and O–H groups in total. The number of allylic oxidation sites excluding steroid dienone is 5. The van der Waals surface area contributed by atoms with Gasteiger partial charge >= 0.3 is 0 Å². The van der Waals surface area contributed by atoms with Crippen molar-refractivity contribution in [2.24, 2.45) is 5.92 Å². The average molecular weight is 578 g/mol. The van der Waals surface area contributed by atoms with Gasteiger partial charge in [-0.05, 0) is 115 Å². The minimum absolute atomic E-state index is 0.168. The summed E-state index contributed by atoms with van der Waals surface area (Å²) in [4.78, 5) is 2.42. The average Bonchev–Trinajstić information content (AvgIpc) is 3.00. The molecule has 3 nitrogen and oxygen atoms in total. The van der Waals surface area contributed by atoms with Gasteiger partial charge in [0.15, 0.2) is 0 Å². The summed E-state index contributed by atoms with van der Waals surface area (Å²) in [6.07, 6.45) is 11.4. The fraction of sp³-hybridized carbons (Fsp3) is 0.676. The first kappa shape index (κ1) is 46.2. The fourth-order valence-corrected chi connectivity index (χ4v) is 3.84. The molecule has 1 atom stereocenters. The molecule has 0 saturated heterocycles. The highest BCUT2D eigenvalue weighted by Crippen LogP contribution is 2.22.